The molecule has 0 unspecified atom stereocenters. The molecule has 0 aromatic rings. The third-order valence-corrected chi connectivity index (χ3v) is 3.63. The normalized spacial score (nSPS) is 19.2. The molecule has 90 valence electrons. The second kappa shape index (κ2) is 7.24. The lowest BCUT2D eigenvalue weighted by Crippen LogP contribution is -2.41. The van der Waals surface area contributed by atoms with Gasteiger partial charge in [0.15, 0.2) is 0 Å². The molecular formula is C13H28N2. The quantitative estimate of drug-likeness (QED) is 0.665. The molecule has 1 fully saturated rings. The summed E-state index contributed by atoms with van der Waals surface area (Å²) in [5.74, 6) is 0. The van der Waals surface area contributed by atoms with E-state index < -0.39 is 0 Å². The van der Waals surface area contributed by atoms with Gasteiger partial charge in [-0.15, -0.1) is 0 Å². The van der Waals surface area contributed by atoms with Gasteiger partial charge >= 0.3 is 0 Å². The van der Waals surface area contributed by atoms with Crippen LogP contribution in [0.2, 0.25) is 0 Å². The maximum atomic E-state index is 3.71. The first-order valence-corrected chi connectivity index (χ1v) is 6.74. The van der Waals surface area contributed by atoms with Gasteiger partial charge in [-0.1, -0.05) is 20.3 Å². The molecule has 15 heavy (non-hydrogen) atoms. The summed E-state index contributed by atoms with van der Waals surface area (Å²) in [7, 11) is 0. The summed E-state index contributed by atoms with van der Waals surface area (Å²) >= 11 is 0. The van der Waals surface area contributed by atoms with Gasteiger partial charge in [-0.3, -0.25) is 0 Å². The Hall–Kier alpha value is -0.0800. The second-order valence-corrected chi connectivity index (χ2v) is 4.86. The predicted molar refractivity (Wildman–Crippen MR) is 67.3 cm³/mol. The Balaban J connectivity index is 1.97. The van der Waals surface area contributed by atoms with Gasteiger partial charge in [-0.05, 0) is 52.2 Å². The highest BCUT2D eigenvalue weighted by Gasteiger charge is 2.18. The van der Waals surface area contributed by atoms with Crippen molar-refractivity contribution in [2.45, 2.75) is 65.0 Å². The molecule has 1 rings (SSSR count). The van der Waals surface area contributed by atoms with Crippen LogP contribution in [-0.2, 0) is 0 Å². The van der Waals surface area contributed by atoms with E-state index in [0.717, 1.165) is 6.04 Å². The van der Waals surface area contributed by atoms with Gasteiger partial charge < -0.3 is 10.2 Å². The molecule has 0 aromatic carbocycles. The van der Waals surface area contributed by atoms with Crippen molar-refractivity contribution in [2.75, 3.05) is 19.6 Å². The Morgan fingerprint density at radius 3 is 2.40 bits per heavy atom. The number of rotatable bonds is 8. The molecule has 0 saturated heterocycles. The van der Waals surface area contributed by atoms with E-state index in [0.29, 0.717) is 6.04 Å². The SMILES string of the molecule is CCN(CC)CCC[C@H](C)NC1CCC1. The minimum Gasteiger partial charge on any atom is -0.312 e. The Labute approximate surface area is 95.4 Å². The molecule has 1 aliphatic rings. The monoisotopic (exact) mass is 212 g/mol. The van der Waals surface area contributed by atoms with Crippen molar-refractivity contribution in [3.8, 4) is 0 Å². The number of hydrogen-bond acceptors (Lipinski definition) is 2. The maximum Gasteiger partial charge on any atom is 0.00695 e. The van der Waals surface area contributed by atoms with Gasteiger partial charge in [0.25, 0.3) is 0 Å². The lowest BCUT2D eigenvalue weighted by atomic mass is 9.92. The van der Waals surface area contributed by atoms with Crippen LogP contribution in [0, 0.1) is 0 Å². The van der Waals surface area contributed by atoms with E-state index in [-0.39, 0.29) is 0 Å². The van der Waals surface area contributed by atoms with Crippen molar-refractivity contribution >= 4 is 0 Å². The van der Waals surface area contributed by atoms with Gasteiger partial charge in [0, 0.05) is 12.1 Å². The van der Waals surface area contributed by atoms with E-state index in [4.69, 9.17) is 0 Å². The van der Waals surface area contributed by atoms with Gasteiger partial charge in [0.1, 0.15) is 0 Å². The topological polar surface area (TPSA) is 15.3 Å². The van der Waals surface area contributed by atoms with Gasteiger partial charge in [-0.25, -0.2) is 0 Å². The van der Waals surface area contributed by atoms with Crippen LogP contribution in [0.4, 0.5) is 0 Å². The molecule has 1 aliphatic carbocycles. The smallest absolute Gasteiger partial charge is 0.00695 e. The Morgan fingerprint density at radius 1 is 1.27 bits per heavy atom. The molecular weight excluding hydrogens is 184 g/mol. The van der Waals surface area contributed by atoms with Gasteiger partial charge in [0.2, 0.25) is 0 Å². The molecule has 0 radical (unpaired) electrons. The third kappa shape index (κ3) is 4.98. The molecule has 0 aromatic heterocycles. The average molecular weight is 212 g/mol. The Morgan fingerprint density at radius 2 is 1.93 bits per heavy atom. The molecule has 0 bridgehead atoms. The van der Waals surface area contributed by atoms with Crippen LogP contribution in [0.3, 0.4) is 0 Å². The van der Waals surface area contributed by atoms with E-state index in [1.165, 1.54) is 51.7 Å². The largest absolute Gasteiger partial charge is 0.312 e. The first-order valence-electron chi connectivity index (χ1n) is 6.74. The van der Waals surface area contributed by atoms with Crippen LogP contribution in [0.5, 0.6) is 0 Å². The number of nitrogens with one attached hydrogen (secondary N) is 1. The fraction of sp³-hybridized carbons (Fsp3) is 1.00. The summed E-state index contributed by atoms with van der Waals surface area (Å²) in [5, 5.41) is 3.71. The van der Waals surface area contributed by atoms with Crippen molar-refractivity contribution in [1.82, 2.24) is 10.2 Å². The third-order valence-electron chi connectivity index (χ3n) is 3.63. The van der Waals surface area contributed by atoms with Crippen molar-refractivity contribution in [3.05, 3.63) is 0 Å². The summed E-state index contributed by atoms with van der Waals surface area (Å²) in [5.41, 5.74) is 0. The summed E-state index contributed by atoms with van der Waals surface area (Å²) in [6.07, 6.45) is 6.90. The standard InChI is InChI=1S/C13H28N2/c1-4-15(5-2)11-7-8-12(3)14-13-9-6-10-13/h12-14H,4-11H2,1-3H3/t12-/m0/s1. The second-order valence-electron chi connectivity index (χ2n) is 4.86. The fourth-order valence-corrected chi connectivity index (χ4v) is 2.22. The fourth-order valence-electron chi connectivity index (χ4n) is 2.22. The van der Waals surface area contributed by atoms with E-state index in [2.05, 4.69) is 31.0 Å². The number of nitrogens with zero attached hydrogens (tertiary/aromatic N) is 1. The van der Waals surface area contributed by atoms with Gasteiger partial charge in [-0.2, -0.15) is 0 Å². The van der Waals surface area contributed by atoms with Crippen LogP contribution < -0.4 is 5.32 Å². The zero-order valence-electron chi connectivity index (χ0n) is 10.8. The average Bonchev–Trinajstić information content (AvgIpc) is 2.18. The molecule has 1 saturated carbocycles. The van der Waals surface area contributed by atoms with E-state index in [9.17, 15) is 0 Å². The summed E-state index contributed by atoms with van der Waals surface area (Å²) < 4.78 is 0. The van der Waals surface area contributed by atoms with Crippen LogP contribution in [0.1, 0.15) is 52.9 Å². The van der Waals surface area contributed by atoms with Crippen molar-refractivity contribution in [2.24, 2.45) is 0 Å². The van der Waals surface area contributed by atoms with E-state index in [1.807, 2.05) is 0 Å². The first-order chi connectivity index (χ1) is 7.26. The summed E-state index contributed by atoms with van der Waals surface area (Å²) in [6, 6.07) is 1.55. The van der Waals surface area contributed by atoms with E-state index >= 15 is 0 Å². The Bertz CT molecular complexity index is 151. The highest BCUT2D eigenvalue weighted by molar-refractivity contribution is 4.79. The summed E-state index contributed by atoms with van der Waals surface area (Å²) in [6.45, 7) is 10.5. The minimum atomic E-state index is 0.714. The minimum absolute atomic E-state index is 0.714. The molecule has 0 aliphatic heterocycles. The van der Waals surface area contributed by atoms with Crippen molar-refractivity contribution in [1.29, 1.82) is 0 Å². The molecule has 0 amide bonds. The highest BCUT2D eigenvalue weighted by atomic mass is 15.1. The molecule has 2 heteroatoms. The lowest BCUT2D eigenvalue weighted by Gasteiger charge is -2.30. The van der Waals surface area contributed by atoms with Gasteiger partial charge in [0.05, 0.1) is 0 Å². The molecule has 0 heterocycles. The molecule has 2 nitrogen and oxygen atoms in total. The van der Waals surface area contributed by atoms with Crippen molar-refractivity contribution < 1.29 is 0 Å². The Kier molecular flexibility index (Phi) is 6.26. The van der Waals surface area contributed by atoms with Crippen LogP contribution in [0.15, 0.2) is 0 Å². The highest BCUT2D eigenvalue weighted by Crippen LogP contribution is 2.19. The predicted octanol–water partition coefficient (Wildman–Crippen LogP) is 2.64. The lowest BCUT2D eigenvalue weighted by molar-refractivity contribution is 0.272. The van der Waals surface area contributed by atoms with Crippen LogP contribution in [0.25, 0.3) is 0 Å². The summed E-state index contributed by atoms with van der Waals surface area (Å²) in [4.78, 5) is 2.51. The first kappa shape index (κ1) is 13.0. The maximum absolute atomic E-state index is 3.71. The van der Waals surface area contributed by atoms with Crippen molar-refractivity contribution in [3.63, 3.8) is 0 Å². The zero-order valence-corrected chi connectivity index (χ0v) is 10.8. The zero-order chi connectivity index (χ0) is 11.1. The van der Waals surface area contributed by atoms with Crippen LogP contribution >= 0.6 is 0 Å². The molecule has 1 N–H and O–H groups in total. The molecule has 1 atom stereocenters. The number of hydrogen-bond donors (Lipinski definition) is 1. The van der Waals surface area contributed by atoms with Crippen LogP contribution in [-0.4, -0.2) is 36.6 Å². The van der Waals surface area contributed by atoms with E-state index in [1.54, 1.807) is 0 Å². The molecule has 0 spiro atoms.